The van der Waals surface area contributed by atoms with Crippen molar-refractivity contribution in [3.05, 3.63) is 12.2 Å². The van der Waals surface area contributed by atoms with Crippen LogP contribution in [-0.4, -0.2) is 59.6 Å². The summed E-state index contributed by atoms with van der Waals surface area (Å²) in [6, 6.07) is 0. The Bertz CT molecular complexity index is 361. The van der Waals surface area contributed by atoms with Gasteiger partial charge in [-0.1, -0.05) is 70.4 Å². The van der Waals surface area contributed by atoms with Gasteiger partial charge in [-0.2, -0.15) is 0 Å². The fourth-order valence-corrected chi connectivity index (χ4v) is 3.50. The second-order valence-corrected chi connectivity index (χ2v) is 7.65. The van der Waals surface area contributed by atoms with Crippen LogP contribution in [0.3, 0.4) is 0 Å². The smallest absolute Gasteiger partial charge is 0.114 e. The van der Waals surface area contributed by atoms with E-state index in [1.807, 2.05) is 0 Å². The molecule has 1 saturated heterocycles. The molecule has 4 atom stereocenters. The quantitative estimate of drug-likeness (QED) is 0.262. The maximum atomic E-state index is 9.82. The van der Waals surface area contributed by atoms with Gasteiger partial charge >= 0.3 is 0 Å². The summed E-state index contributed by atoms with van der Waals surface area (Å²) in [5.41, 5.74) is 0. The molecule has 0 aliphatic carbocycles. The Hall–Kier alpha value is -0.460. The van der Waals surface area contributed by atoms with E-state index < -0.39 is 24.4 Å². The lowest BCUT2D eigenvalue weighted by Gasteiger charge is -2.24. The minimum atomic E-state index is -0.977. The lowest BCUT2D eigenvalue weighted by atomic mass is 10.1. The maximum absolute atomic E-state index is 9.82. The largest absolute Gasteiger partial charge is 0.394 e. The maximum Gasteiger partial charge on any atom is 0.114 e. The number of aliphatic hydroxyl groups is 3. The van der Waals surface area contributed by atoms with Crippen molar-refractivity contribution < 1.29 is 24.8 Å². The summed E-state index contributed by atoms with van der Waals surface area (Å²) in [6.45, 7) is 2.63. The van der Waals surface area contributed by atoms with E-state index >= 15 is 0 Å². The average molecular weight is 387 g/mol. The van der Waals surface area contributed by atoms with E-state index in [0.717, 1.165) is 19.3 Å². The van der Waals surface area contributed by atoms with Crippen molar-refractivity contribution in [2.75, 3.05) is 19.8 Å². The molecule has 1 heterocycles. The number of allylic oxidation sites excluding steroid dienone is 2. The van der Waals surface area contributed by atoms with Gasteiger partial charge in [0.2, 0.25) is 0 Å². The standard InChI is InChI=1S/C22H42O5/c1-2-3-4-5-6-7-8-9-10-11-12-13-14-15-16-26-20(17-23)22-21(25)19(24)18-27-22/h3-4,19-25H,2,5-18H2,1H3/b4-3+/t19-,20+,21-,22-/m0/s1. The molecule has 1 rings (SSSR count). The summed E-state index contributed by atoms with van der Waals surface area (Å²) >= 11 is 0. The van der Waals surface area contributed by atoms with Crippen molar-refractivity contribution in [3.63, 3.8) is 0 Å². The zero-order valence-electron chi connectivity index (χ0n) is 17.2. The number of unbranched alkanes of at least 4 members (excludes halogenated alkanes) is 10. The summed E-state index contributed by atoms with van der Waals surface area (Å²) in [5, 5.41) is 28.7. The van der Waals surface area contributed by atoms with Gasteiger partial charge in [-0.05, 0) is 25.7 Å². The molecule has 0 aromatic rings. The summed E-state index contributed by atoms with van der Waals surface area (Å²) < 4.78 is 11.0. The predicted molar refractivity (Wildman–Crippen MR) is 109 cm³/mol. The van der Waals surface area contributed by atoms with E-state index in [-0.39, 0.29) is 13.2 Å². The van der Waals surface area contributed by atoms with Crippen molar-refractivity contribution in [1.29, 1.82) is 0 Å². The molecule has 160 valence electrons. The Balaban J connectivity index is 1.86. The number of rotatable bonds is 17. The highest BCUT2D eigenvalue weighted by Gasteiger charge is 2.40. The van der Waals surface area contributed by atoms with E-state index in [9.17, 15) is 15.3 Å². The van der Waals surface area contributed by atoms with Crippen LogP contribution in [0.4, 0.5) is 0 Å². The Labute approximate surface area is 165 Å². The second-order valence-electron chi connectivity index (χ2n) is 7.65. The van der Waals surface area contributed by atoms with Gasteiger partial charge in [0, 0.05) is 6.61 Å². The third kappa shape index (κ3) is 11.2. The van der Waals surface area contributed by atoms with Gasteiger partial charge in [0.05, 0.1) is 13.2 Å². The third-order valence-corrected chi connectivity index (χ3v) is 5.24. The van der Waals surface area contributed by atoms with Gasteiger partial charge in [0.15, 0.2) is 0 Å². The van der Waals surface area contributed by atoms with E-state index in [2.05, 4.69) is 19.1 Å². The molecule has 5 heteroatoms. The zero-order chi connectivity index (χ0) is 19.7. The van der Waals surface area contributed by atoms with Gasteiger partial charge in [0.1, 0.15) is 24.4 Å². The predicted octanol–water partition coefficient (Wildman–Crippen LogP) is 3.74. The highest BCUT2D eigenvalue weighted by atomic mass is 16.6. The second kappa shape index (κ2) is 16.5. The molecule has 0 radical (unpaired) electrons. The highest BCUT2D eigenvalue weighted by Crippen LogP contribution is 2.20. The molecule has 0 aromatic heterocycles. The van der Waals surface area contributed by atoms with Crippen molar-refractivity contribution in [3.8, 4) is 0 Å². The third-order valence-electron chi connectivity index (χ3n) is 5.24. The molecular weight excluding hydrogens is 344 g/mol. The van der Waals surface area contributed by atoms with Crippen LogP contribution in [0.2, 0.25) is 0 Å². The van der Waals surface area contributed by atoms with Crippen LogP contribution in [0.15, 0.2) is 12.2 Å². The number of hydrogen-bond acceptors (Lipinski definition) is 5. The number of aliphatic hydroxyl groups excluding tert-OH is 3. The Morgan fingerprint density at radius 2 is 1.52 bits per heavy atom. The number of ether oxygens (including phenoxy) is 2. The van der Waals surface area contributed by atoms with Gasteiger partial charge in [-0.25, -0.2) is 0 Å². The van der Waals surface area contributed by atoms with E-state index in [4.69, 9.17) is 9.47 Å². The van der Waals surface area contributed by atoms with E-state index in [0.29, 0.717) is 6.61 Å². The zero-order valence-corrected chi connectivity index (χ0v) is 17.2. The summed E-state index contributed by atoms with van der Waals surface area (Å²) in [5.74, 6) is 0. The summed E-state index contributed by atoms with van der Waals surface area (Å²) in [7, 11) is 0. The first-order valence-electron chi connectivity index (χ1n) is 11.1. The summed E-state index contributed by atoms with van der Waals surface area (Å²) in [4.78, 5) is 0. The minimum Gasteiger partial charge on any atom is -0.394 e. The minimum absolute atomic E-state index is 0.0988. The molecule has 1 aliphatic rings. The monoisotopic (exact) mass is 386 g/mol. The molecule has 0 amide bonds. The topological polar surface area (TPSA) is 79.2 Å². The fraction of sp³-hybridized carbons (Fsp3) is 0.909. The van der Waals surface area contributed by atoms with Crippen LogP contribution in [0, 0.1) is 0 Å². The SMILES string of the molecule is CC/C=C/CCCCCCCCCCCCO[C@H](CO)[C@@H]1OC[C@H](O)[C@@H]1O. The van der Waals surface area contributed by atoms with E-state index in [1.54, 1.807) is 0 Å². The molecule has 5 nitrogen and oxygen atoms in total. The number of hydrogen-bond donors (Lipinski definition) is 3. The first kappa shape index (κ1) is 24.6. The highest BCUT2D eigenvalue weighted by molar-refractivity contribution is 4.88. The molecular formula is C22H42O5. The molecule has 1 fully saturated rings. The van der Waals surface area contributed by atoms with Crippen LogP contribution >= 0.6 is 0 Å². The molecule has 0 aromatic carbocycles. The Kier molecular flexibility index (Phi) is 15.0. The molecule has 1 aliphatic heterocycles. The molecule has 27 heavy (non-hydrogen) atoms. The Morgan fingerprint density at radius 1 is 0.926 bits per heavy atom. The molecule has 0 unspecified atom stereocenters. The van der Waals surface area contributed by atoms with Crippen LogP contribution in [0.5, 0.6) is 0 Å². The van der Waals surface area contributed by atoms with Crippen LogP contribution in [0.1, 0.15) is 84.0 Å². The van der Waals surface area contributed by atoms with Gasteiger partial charge < -0.3 is 24.8 Å². The normalized spacial score (nSPS) is 24.1. The van der Waals surface area contributed by atoms with Crippen molar-refractivity contribution >= 4 is 0 Å². The first-order valence-corrected chi connectivity index (χ1v) is 11.1. The summed E-state index contributed by atoms with van der Waals surface area (Å²) in [6.07, 6.45) is 16.5. The van der Waals surface area contributed by atoms with Crippen molar-refractivity contribution in [2.24, 2.45) is 0 Å². The molecule has 0 spiro atoms. The van der Waals surface area contributed by atoms with Gasteiger partial charge in [0.25, 0.3) is 0 Å². The molecule has 0 bridgehead atoms. The van der Waals surface area contributed by atoms with Gasteiger partial charge in [-0.3, -0.25) is 0 Å². The van der Waals surface area contributed by atoms with Crippen molar-refractivity contribution in [1.82, 2.24) is 0 Å². The average Bonchev–Trinajstić information content (AvgIpc) is 3.00. The van der Waals surface area contributed by atoms with Crippen LogP contribution in [0.25, 0.3) is 0 Å². The fourth-order valence-electron chi connectivity index (χ4n) is 3.50. The lowest BCUT2D eigenvalue weighted by molar-refractivity contribution is -0.101. The first-order chi connectivity index (χ1) is 13.2. The van der Waals surface area contributed by atoms with Crippen LogP contribution in [-0.2, 0) is 9.47 Å². The van der Waals surface area contributed by atoms with Crippen molar-refractivity contribution in [2.45, 2.75) is 108 Å². The molecule has 0 saturated carbocycles. The van der Waals surface area contributed by atoms with Gasteiger partial charge in [-0.15, -0.1) is 0 Å². The lowest BCUT2D eigenvalue weighted by Crippen LogP contribution is -2.42. The Morgan fingerprint density at radius 3 is 2.04 bits per heavy atom. The molecule has 3 N–H and O–H groups in total. The van der Waals surface area contributed by atoms with Crippen LogP contribution < -0.4 is 0 Å². The van der Waals surface area contributed by atoms with E-state index in [1.165, 1.54) is 57.8 Å².